The molecule has 1 aromatic rings. The summed E-state index contributed by atoms with van der Waals surface area (Å²) in [5.41, 5.74) is 0.199. The van der Waals surface area contributed by atoms with Crippen LogP contribution in [0.1, 0.15) is 45.6 Å². The fourth-order valence-corrected chi connectivity index (χ4v) is 7.22. The Kier molecular flexibility index (Phi) is 4.95. The van der Waals surface area contributed by atoms with Crippen molar-refractivity contribution in [2.24, 2.45) is 0 Å². The van der Waals surface area contributed by atoms with E-state index in [1.165, 1.54) is 4.31 Å². The first-order chi connectivity index (χ1) is 10.5. The summed E-state index contributed by atoms with van der Waals surface area (Å²) in [6.07, 6.45) is 0.340. The van der Waals surface area contributed by atoms with E-state index in [4.69, 9.17) is 0 Å². The number of hydrogen-bond donors (Lipinski definition) is 0. The van der Waals surface area contributed by atoms with E-state index in [2.05, 4.69) is 0 Å². The minimum Gasteiger partial charge on any atom is -0.229 e. The van der Waals surface area contributed by atoms with E-state index in [0.29, 0.717) is 12.3 Å². The van der Waals surface area contributed by atoms with E-state index in [1.807, 2.05) is 26.0 Å². The summed E-state index contributed by atoms with van der Waals surface area (Å²) in [6, 6.07) is 6.86. The number of hydrogen-bond acceptors (Lipinski definition) is 4. The molecular formula is C16H25NO4S2. The van der Waals surface area contributed by atoms with Crippen LogP contribution in [0.2, 0.25) is 0 Å². The standard InChI is InChI=1S/C16H25NO4S2/c1-5-17(16(4)10-11-22(18,19)12-16)23(20,21)15-8-6-14(7-9-15)13(2)3/h6-9,13H,5,10-12H2,1-4H3/t16-/m0/s1. The third-order valence-corrected chi connectivity index (χ3v) is 8.54. The first-order valence-corrected chi connectivity index (χ1v) is 11.1. The van der Waals surface area contributed by atoms with Crippen LogP contribution in [0.5, 0.6) is 0 Å². The average molecular weight is 360 g/mol. The van der Waals surface area contributed by atoms with Crippen molar-refractivity contribution in [1.82, 2.24) is 4.31 Å². The summed E-state index contributed by atoms with van der Waals surface area (Å²) >= 11 is 0. The minimum absolute atomic E-state index is 0.0435. The van der Waals surface area contributed by atoms with Crippen LogP contribution in [-0.4, -0.2) is 44.7 Å². The van der Waals surface area contributed by atoms with Crippen molar-refractivity contribution < 1.29 is 16.8 Å². The fourth-order valence-electron chi connectivity index (χ4n) is 3.18. The highest BCUT2D eigenvalue weighted by Crippen LogP contribution is 2.34. The predicted molar refractivity (Wildman–Crippen MR) is 91.8 cm³/mol. The normalized spacial score (nSPS) is 24.4. The molecule has 0 aromatic heterocycles. The maximum absolute atomic E-state index is 13.0. The van der Waals surface area contributed by atoms with Crippen LogP contribution in [0.3, 0.4) is 0 Å². The van der Waals surface area contributed by atoms with Gasteiger partial charge in [0.25, 0.3) is 0 Å². The van der Waals surface area contributed by atoms with Crippen LogP contribution in [0.15, 0.2) is 29.2 Å². The molecule has 0 aliphatic carbocycles. The number of rotatable bonds is 5. The van der Waals surface area contributed by atoms with Crippen molar-refractivity contribution >= 4 is 19.9 Å². The van der Waals surface area contributed by atoms with E-state index in [1.54, 1.807) is 26.0 Å². The molecule has 0 unspecified atom stereocenters. The molecular weight excluding hydrogens is 334 g/mol. The molecule has 1 fully saturated rings. The molecule has 1 atom stereocenters. The van der Waals surface area contributed by atoms with Gasteiger partial charge in [0.05, 0.1) is 16.4 Å². The zero-order valence-electron chi connectivity index (χ0n) is 14.1. The maximum atomic E-state index is 13.0. The van der Waals surface area contributed by atoms with Crippen LogP contribution in [-0.2, 0) is 19.9 Å². The molecule has 0 bridgehead atoms. The highest BCUT2D eigenvalue weighted by atomic mass is 32.2. The summed E-state index contributed by atoms with van der Waals surface area (Å²) < 4.78 is 51.0. The third kappa shape index (κ3) is 3.61. The molecule has 23 heavy (non-hydrogen) atoms. The molecule has 1 saturated heterocycles. The summed E-state index contributed by atoms with van der Waals surface area (Å²) in [5, 5.41) is 0. The van der Waals surface area contributed by atoms with E-state index in [0.717, 1.165) is 5.56 Å². The number of sulfonamides is 1. The molecule has 5 nitrogen and oxygen atoms in total. The van der Waals surface area contributed by atoms with Crippen molar-refractivity contribution in [3.8, 4) is 0 Å². The monoisotopic (exact) mass is 359 g/mol. The molecule has 0 radical (unpaired) electrons. The van der Waals surface area contributed by atoms with Gasteiger partial charge in [-0.1, -0.05) is 32.9 Å². The van der Waals surface area contributed by atoms with Crippen molar-refractivity contribution in [2.75, 3.05) is 18.1 Å². The van der Waals surface area contributed by atoms with Crippen molar-refractivity contribution in [3.63, 3.8) is 0 Å². The van der Waals surface area contributed by atoms with Gasteiger partial charge in [0, 0.05) is 12.1 Å². The Balaban J connectivity index is 2.40. The molecule has 2 rings (SSSR count). The summed E-state index contributed by atoms with van der Waals surface area (Å²) in [7, 11) is -6.89. The maximum Gasteiger partial charge on any atom is 0.243 e. The zero-order valence-corrected chi connectivity index (χ0v) is 15.7. The molecule has 1 heterocycles. The average Bonchev–Trinajstić information content (AvgIpc) is 2.73. The highest BCUT2D eigenvalue weighted by Gasteiger charge is 2.47. The Morgan fingerprint density at radius 1 is 1.22 bits per heavy atom. The summed E-state index contributed by atoms with van der Waals surface area (Å²) in [4.78, 5) is 0.217. The predicted octanol–water partition coefficient (Wildman–Crippen LogP) is 2.40. The van der Waals surface area contributed by atoms with Crippen LogP contribution in [0, 0.1) is 0 Å². The smallest absolute Gasteiger partial charge is 0.229 e. The van der Waals surface area contributed by atoms with Gasteiger partial charge in [-0.2, -0.15) is 4.31 Å². The van der Waals surface area contributed by atoms with Crippen LogP contribution < -0.4 is 0 Å². The molecule has 7 heteroatoms. The SMILES string of the molecule is CCN([C@@]1(C)CCS(=O)(=O)C1)S(=O)(=O)c1ccc(C(C)C)cc1. The van der Waals surface area contributed by atoms with Crippen molar-refractivity contribution in [2.45, 2.75) is 50.5 Å². The zero-order chi connectivity index (χ0) is 17.5. The Morgan fingerprint density at radius 3 is 2.17 bits per heavy atom. The van der Waals surface area contributed by atoms with E-state index in [-0.39, 0.29) is 22.9 Å². The van der Waals surface area contributed by atoms with Crippen LogP contribution in [0.25, 0.3) is 0 Å². The lowest BCUT2D eigenvalue weighted by atomic mass is 10.0. The van der Waals surface area contributed by atoms with Crippen LogP contribution in [0.4, 0.5) is 0 Å². The Bertz CT molecular complexity index is 767. The first-order valence-electron chi connectivity index (χ1n) is 7.85. The highest BCUT2D eigenvalue weighted by molar-refractivity contribution is 7.92. The van der Waals surface area contributed by atoms with Gasteiger partial charge in [0.1, 0.15) is 0 Å². The second-order valence-electron chi connectivity index (χ2n) is 6.73. The van der Waals surface area contributed by atoms with E-state index >= 15 is 0 Å². The van der Waals surface area contributed by atoms with Gasteiger partial charge in [0.2, 0.25) is 10.0 Å². The van der Waals surface area contributed by atoms with Crippen LogP contribution >= 0.6 is 0 Å². The Labute approximate surface area is 139 Å². The summed E-state index contributed by atoms with van der Waals surface area (Å²) in [5.74, 6) is 0.255. The molecule has 1 aromatic carbocycles. The van der Waals surface area contributed by atoms with E-state index < -0.39 is 25.4 Å². The minimum atomic E-state index is -3.72. The molecule has 0 amide bonds. The molecule has 130 valence electrons. The number of sulfone groups is 1. The fraction of sp³-hybridized carbons (Fsp3) is 0.625. The van der Waals surface area contributed by atoms with Gasteiger partial charge in [0.15, 0.2) is 9.84 Å². The van der Waals surface area contributed by atoms with Gasteiger partial charge in [-0.25, -0.2) is 16.8 Å². The Hall–Kier alpha value is -0.920. The Morgan fingerprint density at radius 2 is 1.78 bits per heavy atom. The molecule has 1 aliphatic rings. The molecule has 0 saturated carbocycles. The second-order valence-corrected chi connectivity index (χ2v) is 10.8. The van der Waals surface area contributed by atoms with Gasteiger partial charge in [-0.15, -0.1) is 0 Å². The summed E-state index contributed by atoms with van der Waals surface area (Å²) in [6.45, 7) is 7.82. The van der Waals surface area contributed by atoms with Gasteiger partial charge in [-0.05, 0) is 37.0 Å². The van der Waals surface area contributed by atoms with Gasteiger partial charge < -0.3 is 0 Å². The van der Waals surface area contributed by atoms with E-state index in [9.17, 15) is 16.8 Å². The number of benzene rings is 1. The molecule has 0 N–H and O–H groups in total. The van der Waals surface area contributed by atoms with Crippen molar-refractivity contribution in [3.05, 3.63) is 29.8 Å². The van der Waals surface area contributed by atoms with Gasteiger partial charge >= 0.3 is 0 Å². The first kappa shape index (κ1) is 18.4. The quantitative estimate of drug-likeness (QED) is 0.809. The van der Waals surface area contributed by atoms with Crippen molar-refractivity contribution in [1.29, 1.82) is 0 Å². The number of nitrogens with zero attached hydrogens (tertiary/aromatic N) is 1. The topological polar surface area (TPSA) is 71.5 Å². The largest absolute Gasteiger partial charge is 0.243 e. The molecule has 0 spiro atoms. The third-order valence-electron chi connectivity index (χ3n) is 4.51. The lowest BCUT2D eigenvalue weighted by Crippen LogP contribution is -2.50. The lowest BCUT2D eigenvalue weighted by Gasteiger charge is -2.35. The molecule has 1 aliphatic heterocycles. The lowest BCUT2D eigenvalue weighted by molar-refractivity contribution is 0.243. The van der Waals surface area contributed by atoms with Gasteiger partial charge in [-0.3, -0.25) is 0 Å². The second kappa shape index (κ2) is 6.18.